The predicted molar refractivity (Wildman–Crippen MR) is 75.9 cm³/mol. The van der Waals surface area contributed by atoms with Gasteiger partial charge < -0.3 is 15.5 Å². The maximum absolute atomic E-state index is 9.12. The minimum Gasteiger partial charge on any atom is -0.491 e. The van der Waals surface area contributed by atoms with Crippen LogP contribution >= 0.6 is 0 Å². The third-order valence-corrected chi connectivity index (χ3v) is 2.87. The Morgan fingerprint density at radius 3 is 2.68 bits per heavy atom. The Kier molecular flexibility index (Phi) is 3.48. The zero-order chi connectivity index (χ0) is 14.0. The number of anilines is 1. The third kappa shape index (κ3) is 2.55. The number of nitrogens with zero attached hydrogens (tertiary/aromatic N) is 1. The van der Waals surface area contributed by atoms with Crippen LogP contribution < -0.4 is 10.5 Å². The second-order valence-corrected chi connectivity index (χ2v) is 4.75. The van der Waals surface area contributed by atoms with E-state index in [-0.39, 0.29) is 6.10 Å². The van der Waals surface area contributed by atoms with Gasteiger partial charge in [-0.05, 0) is 44.0 Å². The molecule has 0 amide bonds. The number of benzene rings is 1. The zero-order valence-electron chi connectivity index (χ0n) is 11.3. The van der Waals surface area contributed by atoms with E-state index in [2.05, 4.69) is 11.1 Å². The molecule has 0 unspecified atom stereocenters. The van der Waals surface area contributed by atoms with Gasteiger partial charge in [0.2, 0.25) is 0 Å². The van der Waals surface area contributed by atoms with E-state index in [1.807, 2.05) is 39.0 Å². The van der Waals surface area contributed by atoms with Gasteiger partial charge >= 0.3 is 0 Å². The van der Waals surface area contributed by atoms with Gasteiger partial charge in [0, 0.05) is 11.8 Å². The summed E-state index contributed by atoms with van der Waals surface area (Å²) in [5.74, 6) is 1.26. The molecule has 19 heavy (non-hydrogen) atoms. The van der Waals surface area contributed by atoms with Gasteiger partial charge in [-0.25, -0.2) is 0 Å². The second-order valence-electron chi connectivity index (χ2n) is 4.75. The van der Waals surface area contributed by atoms with E-state index in [0.29, 0.717) is 11.4 Å². The van der Waals surface area contributed by atoms with E-state index in [1.54, 1.807) is 6.20 Å². The number of nitrogens with two attached hydrogens (primary N) is 1. The summed E-state index contributed by atoms with van der Waals surface area (Å²) in [6.45, 7) is 5.98. The summed E-state index contributed by atoms with van der Waals surface area (Å²) in [4.78, 5) is 2.88. The first kappa shape index (κ1) is 13.0. The molecule has 1 aromatic carbocycles. The molecule has 0 fully saturated rings. The molecule has 3 N–H and O–H groups in total. The number of H-pyrrole nitrogens is 1. The fourth-order valence-electron chi connectivity index (χ4n) is 1.99. The minimum atomic E-state index is 0.141. The van der Waals surface area contributed by atoms with Crippen LogP contribution in [0.4, 0.5) is 5.82 Å². The van der Waals surface area contributed by atoms with E-state index in [0.717, 1.165) is 22.4 Å². The van der Waals surface area contributed by atoms with E-state index in [4.69, 9.17) is 15.7 Å². The van der Waals surface area contributed by atoms with E-state index in [1.165, 1.54) is 0 Å². The van der Waals surface area contributed by atoms with Crippen molar-refractivity contribution in [3.05, 3.63) is 35.5 Å². The highest BCUT2D eigenvalue weighted by atomic mass is 16.5. The standard InChI is InChI=1S/C15H17N3O/c1-9(2)19-14-5-4-11(6-10(14)3)13-8-18-15(17)12(13)7-16/h4-6,8-9,18H,17H2,1-3H3. The number of hydrogen-bond acceptors (Lipinski definition) is 3. The average molecular weight is 255 g/mol. The Balaban J connectivity index is 2.42. The van der Waals surface area contributed by atoms with Crippen molar-refractivity contribution < 1.29 is 4.74 Å². The van der Waals surface area contributed by atoms with Crippen molar-refractivity contribution in [2.24, 2.45) is 0 Å². The van der Waals surface area contributed by atoms with Crippen molar-refractivity contribution in [3.63, 3.8) is 0 Å². The fourth-order valence-corrected chi connectivity index (χ4v) is 1.99. The summed E-state index contributed by atoms with van der Waals surface area (Å²) >= 11 is 0. The Morgan fingerprint density at radius 2 is 2.11 bits per heavy atom. The molecule has 2 rings (SSSR count). The molecule has 1 aromatic heterocycles. The summed E-state index contributed by atoms with van der Waals surface area (Å²) < 4.78 is 5.70. The number of aryl methyl sites for hydroxylation is 1. The second kappa shape index (κ2) is 5.07. The van der Waals surface area contributed by atoms with Crippen LogP contribution in [0.5, 0.6) is 5.75 Å². The Hall–Kier alpha value is -2.41. The van der Waals surface area contributed by atoms with Gasteiger partial charge in [0.25, 0.3) is 0 Å². The maximum atomic E-state index is 9.12. The highest BCUT2D eigenvalue weighted by Crippen LogP contribution is 2.30. The summed E-state index contributed by atoms with van der Waals surface area (Å²) in [5, 5.41) is 9.12. The molecule has 2 aromatic rings. The molecular weight excluding hydrogens is 238 g/mol. The van der Waals surface area contributed by atoms with Crippen LogP contribution in [0.15, 0.2) is 24.4 Å². The number of nitrogen functional groups attached to an aromatic ring is 1. The molecule has 0 bridgehead atoms. The quantitative estimate of drug-likeness (QED) is 0.884. The van der Waals surface area contributed by atoms with Gasteiger partial charge in [0.15, 0.2) is 0 Å². The van der Waals surface area contributed by atoms with Gasteiger partial charge in [0.1, 0.15) is 23.2 Å². The van der Waals surface area contributed by atoms with Crippen molar-refractivity contribution in [3.8, 4) is 22.9 Å². The first-order valence-electron chi connectivity index (χ1n) is 6.17. The van der Waals surface area contributed by atoms with Crippen molar-refractivity contribution in [2.45, 2.75) is 26.9 Å². The monoisotopic (exact) mass is 255 g/mol. The van der Waals surface area contributed by atoms with Crippen molar-refractivity contribution in [1.82, 2.24) is 4.98 Å². The topological polar surface area (TPSA) is 74.8 Å². The van der Waals surface area contributed by atoms with Gasteiger partial charge in [-0.15, -0.1) is 0 Å². The van der Waals surface area contributed by atoms with Gasteiger partial charge in [-0.1, -0.05) is 6.07 Å². The number of rotatable bonds is 3. The molecule has 0 saturated heterocycles. The van der Waals surface area contributed by atoms with Crippen molar-refractivity contribution >= 4 is 5.82 Å². The van der Waals surface area contributed by atoms with Crippen LogP contribution in [0.25, 0.3) is 11.1 Å². The lowest BCUT2D eigenvalue weighted by Gasteiger charge is -2.13. The molecule has 1 heterocycles. The highest BCUT2D eigenvalue weighted by molar-refractivity contribution is 5.76. The predicted octanol–water partition coefficient (Wildman–Crippen LogP) is 3.23. The fraction of sp³-hybridized carbons (Fsp3) is 0.267. The lowest BCUT2D eigenvalue weighted by Crippen LogP contribution is -2.06. The van der Waals surface area contributed by atoms with E-state index in [9.17, 15) is 0 Å². The SMILES string of the molecule is Cc1cc(-c2c[nH]c(N)c2C#N)ccc1OC(C)C. The summed E-state index contributed by atoms with van der Waals surface area (Å²) in [7, 11) is 0. The van der Waals surface area contributed by atoms with Crippen molar-refractivity contribution in [1.29, 1.82) is 5.26 Å². The molecule has 0 aliphatic carbocycles. The van der Waals surface area contributed by atoms with Crippen LogP contribution in [0.2, 0.25) is 0 Å². The average Bonchev–Trinajstić information content (AvgIpc) is 2.72. The molecule has 4 heteroatoms. The summed E-state index contributed by atoms with van der Waals surface area (Å²) in [5.41, 5.74) is 9.02. The molecular formula is C15H17N3O. The van der Waals surface area contributed by atoms with Crippen LogP contribution in [0.3, 0.4) is 0 Å². The molecule has 0 aliphatic heterocycles. The first-order chi connectivity index (χ1) is 9.02. The molecule has 0 saturated carbocycles. The number of aromatic nitrogens is 1. The molecule has 0 aliphatic rings. The maximum Gasteiger partial charge on any atom is 0.122 e. The van der Waals surface area contributed by atoms with Gasteiger partial charge in [0.05, 0.1) is 6.10 Å². The Bertz CT molecular complexity index is 635. The Labute approximate surface area is 112 Å². The van der Waals surface area contributed by atoms with E-state index < -0.39 is 0 Å². The lowest BCUT2D eigenvalue weighted by molar-refractivity contribution is 0.241. The number of nitrogens with one attached hydrogen (secondary N) is 1. The smallest absolute Gasteiger partial charge is 0.122 e. The van der Waals surface area contributed by atoms with E-state index >= 15 is 0 Å². The molecule has 98 valence electrons. The normalized spacial score (nSPS) is 10.5. The molecule has 0 spiro atoms. The number of hydrogen-bond donors (Lipinski definition) is 2. The lowest BCUT2D eigenvalue weighted by atomic mass is 10.0. The minimum absolute atomic E-state index is 0.141. The van der Waals surface area contributed by atoms with Crippen LogP contribution in [0.1, 0.15) is 25.0 Å². The zero-order valence-corrected chi connectivity index (χ0v) is 11.3. The van der Waals surface area contributed by atoms with Crippen LogP contribution in [-0.2, 0) is 0 Å². The first-order valence-corrected chi connectivity index (χ1v) is 6.17. The van der Waals surface area contributed by atoms with Crippen LogP contribution in [0, 0.1) is 18.3 Å². The third-order valence-electron chi connectivity index (χ3n) is 2.87. The molecule has 0 radical (unpaired) electrons. The molecule has 0 atom stereocenters. The largest absolute Gasteiger partial charge is 0.491 e. The van der Waals surface area contributed by atoms with Crippen LogP contribution in [-0.4, -0.2) is 11.1 Å². The number of nitriles is 1. The van der Waals surface area contributed by atoms with Gasteiger partial charge in [-0.3, -0.25) is 0 Å². The summed E-state index contributed by atoms with van der Waals surface area (Å²) in [6.07, 6.45) is 1.90. The molecule has 4 nitrogen and oxygen atoms in total. The number of ether oxygens (including phenoxy) is 1. The number of aromatic amines is 1. The summed E-state index contributed by atoms with van der Waals surface area (Å²) in [6, 6.07) is 7.99. The van der Waals surface area contributed by atoms with Crippen molar-refractivity contribution in [2.75, 3.05) is 5.73 Å². The Morgan fingerprint density at radius 1 is 1.37 bits per heavy atom. The van der Waals surface area contributed by atoms with Gasteiger partial charge in [-0.2, -0.15) is 5.26 Å². The highest BCUT2D eigenvalue weighted by Gasteiger charge is 2.12.